The van der Waals surface area contributed by atoms with E-state index in [0.717, 1.165) is 17.5 Å². The van der Waals surface area contributed by atoms with Gasteiger partial charge in [0.1, 0.15) is 6.04 Å². The number of hydrogen-bond acceptors (Lipinski definition) is 4. The summed E-state index contributed by atoms with van der Waals surface area (Å²) in [5, 5.41) is 5.85. The summed E-state index contributed by atoms with van der Waals surface area (Å²) in [7, 11) is 1.35. The summed E-state index contributed by atoms with van der Waals surface area (Å²) in [5.74, 6) is -0.183. The largest absolute Gasteiger partial charge is 0.465 e. The fourth-order valence-electron chi connectivity index (χ4n) is 4.34. The highest BCUT2D eigenvalue weighted by atomic mass is 16.5. The van der Waals surface area contributed by atoms with Crippen molar-refractivity contribution < 1.29 is 19.1 Å². The first kappa shape index (κ1) is 25.0. The molecule has 1 heterocycles. The van der Waals surface area contributed by atoms with Gasteiger partial charge in [0.15, 0.2) is 0 Å². The van der Waals surface area contributed by atoms with Crippen LogP contribution in [0, 0.1) is 0 Å². The standard InChI is InChI=1S/C29H31N3O4/c1-19(2)20-9-13-25(14-10-20)31-29(35)32-17-5-8-26(32)27(33)30-24-15-11-21(12-16-24)22-6-4-7-23(18-22)28(34)36-3/h4,6-7,9-16,18-19,26H,5,8,17H2,1-3H3,(H,30,33)(H,31,35)/t26-/m1/s1. The molecule has 1 fully saturated rings. The van der Waals surface area contributed by atoms with Gasteiger partial charge in [-0.25, -0.2) is 9.59 Å². The van der Waals surface area contributed by atoms with Crippen LogP contribution in [0.15, 0.2) is 72.8 Å². The number of urea groups is 1. The molecule has 0 saturated carbocycles. The van der Waals surface area contributed by atoms with E-state index < -0.39 is 12.0 Å². The molecule has 186 valence electrons. The van der Waals surface area contributed by atoms with E-state index >= 15 is 0 Å². The van der Waals surface area contributed by atoms with E-state index in [1.807, 2.05) is 54.6 Å². The molecule has 4 rings (SSSR count). The van der Waals surface area contributed by atoms with Crippen LogP contribution in [-0.2, 0) is 9.53 Å². The summed E-state index contributed by atoms with van der Waals surface area (Å²) in [6.45, 7) is 4.78. The summed E-state index contributed by atoms with van der Waals surface area (Å²) < 4.78 is 4.79. The van der Waals surface area contributed by atoms with Gasteiger partial charge in [-0.2, -0.15) is 0 Å². The lowest BCUT2D eigenvalue weighted by Gasteiger charge is -2.24. The Hall–Kier alpha value is -4.13. The minimum absolute atomic E-state index is 0.210. The van der Waals surface area contributed by atoms with Crippen molar-refractivity contribution in [2.45, 2.75) is 38.6 Å². The summed E-state index contributed by atoms with van der Waals surface area (Å²) >= 11 is 0. The SMILES string of the molecule is COC(=O)c1cccc(-c2ccc(NC(=O)[C@H]3CCCN3C(=O)Nc3ccc(C(C)C)cc3)cc2)c1. The summed E-state index contributed by atoms with van der Waals surface area (Å²) in [4.78, 5) is 39.3. The van der Waals surface area contributed by atoms with E-state index in [1.165, 1.54) is 12.7 Å². The maximum atomic E-state index is 13.0. The number of nitrogens with zero attached hydrogens (tertiary/aromatic N) is 1. The molecule has 1 aliphatic heterocycles. The van der Waals surface area contributed by atoms with Crippen LogP contribution in [-0.4, -0.2) is 42.5 Å². The third-order valence-electron chi connectivity index (χ3n) is 6.41. The van der Waals surface area contributed by atoms with Crippen LogP contribution in [0.1, 0.15) is 48.5 Å². The Labute approximate surface area is 211 Å². The molecule has 2 N–H and O–H groups in total. The number of amides is 3. The highest BCUT2D eigenvalue weighted by Crippen LogP contribution is 2.25. The third-order valence-corrected chi connectivity index (χ3v) is 6.41. The molecule has 0 aromatic heterocycles. The predicted octanol–water partition coefficient (Wildman–Crippen LogP) is 5.90. The normalized spacial score (nSPS) is 15.0. The van der Waals surface area contributed by atoms with Gasteiger partial charge in [-0.1, -0.05) is 50.2 Å². The number of nitrogens with one attached hydrogen (secondary N) is 2. The number of anilines is 2. The summed E-state index contributed by atoms with van der Waals surface area (Å²) in [6, 6.07) is 21.6. The van der Waals surface area contributed by atoms with Gasteiger partial charge in [0, 0.05) is 17.9 Å². The maximum Gasteiger partial charge on any atom is 0.337 e. The number of carbonyl (C=O) groups excluding carboxylic acids is 3. The molecular weight excluding hydrogens is 454 g/mol. The molecule has 0 radical (unpaired) electrons. The van der Waals surface area contributed by atoms with E-state index in [1.54, 1.807) is 23.1 Å². The molecule has 7 heteroatoms. The summed E-state index contributed by atoms with van der Waals surface area (Å²) in [6.07, 6.45) is 1.39. The van der Waals surface area contributed by atoms with E-state index in [2.05, 4.69) is 24.5 Å². The molecule has 0 spiro atoms. The molecule has 0 aliphatic carbocycles. The van der Waals surface area contributed by atoms with E-state index in [4.69, 9.17) is 4.74 Å². The van der Waals surface area contributed by atoms with Crippen molar-refractivity contribution in [2.75, 3.05) is 24.3 Å². The smallest absolute Gasteiger partial charge is 0.337 e. The van der Waals surface area contributed by atoms with E-state index in [9.17, 15) is 14.4 Å². The van der Waals surface area contributed by atoms with Gasteiger partial charge >= 0.3 is 12.0 Å². The Morgan fingerprint density at radius 3 is 2.22 bits per heavy atom. The van der Waals surface area contributed by atoms with Gasteiger partial charge in [0.25, 0.3) is 0 Å². The van der Waals surface area contributed by atoms with Gasteiger partial charge in [-0.3, -0.25) is 4.79 Å². The molecule has 3 amide bonds. The fraction of sp³-hybridized carbons (Fsp3) is 0.276. The molecule has 7 nitrogen and oxygen atoms in total. The van der Waals surface area contributed by atoms with Crippen LogP contribution in [0.5, 0.6) is 0 Å². The van der Waals surface area contributed by atoms with Crippen LogP contribution in [0.3, 0.4) is 0 Å². The number of rotatable bonds is 6. The predicted molar refractivity (Wildman–Crippen MR) is 141 cm³/mol. The molecule has 3 aromatic carbocycles. The lowest BCUT2D eigenvalue weighted by atomic mass is 10.0. The molecule has 1 atom stereocenters. The third kappa shape index (κ3) is 5.74. The van der Waals surface area contributed by atoms with Gasteiger partial charge in [-0.05, 0) is 71.8 Å². The zero-order valence-corrected chi connectivity index (χ0v) is 20.8. The van der Waals surface area contributed by atoms with Crippen LogP contribution in [0.4, 0.5) is 16.2 Å². The van der Waals surface area contributed by atoms with Gasteiger partial charge in [0.05, 0.1) is 12.7 Å². The fourth-order valence-corrected chi connectivity index (χ4v) is 4.34. The minimum Gasteiger partial charge on any atom is -0.465 e. The van der Waals surface area contributed by atoms with Crippen molar-refractivity contribution in [1.29, 1.82) is 0 Å². The number of hydrogen-bond donors (Lipinski definition) is 2. The van der Waals surface area contributed by atoms with Crippen molar-refractivity contribution in [3.05, 3.63) is 83.9 Å². The lowest BCUT2D eigenvalue weighted by molar-refractivity contribution is -0.119. The molecule has 36 heavy (non-hydrogen) atoms. The quantitative estimate of drug-likeness (QED) is 0.426. The second kappa shape index (κ2) is 11.1. The molecule has 0 unspecified atom stereocenters. The zero-order valence-electron chi connectivity index (χ0n) is 20.8. The number of ether oxygens (including phenoxy) is 1. The van der Waals surface area contributed by atoms with Crippen molar-refractivity contribution in [2.24, 2.45) is 0 Å². The molecule has 1 saturated heterocycles. The topological polar surface area (TPSA) is 87.7 Å². The van der Waals surface area contributed by atoms with Crippen molar-refractivity contribution in [3.8, 4) is 11.1 Å². The van der Waals surface area contributed by atoms with Crippen molar-refractivity contribution in [3.63, 3.8) is 0 Å². The molecule has 1 aliphatic rings. The Balaban J connectivity index is 1.39. The average Bonchev–Trinajstić information content (AvgIpc) is 3.39. The van der Waals surface area contributed by atoms with Crippen molar-refractivity contribution in [1.82, 2.24) is 4.90 Å². The van der Waals surface area contributed by atoms with Crippen LogP contribution in [0.25, 0.3) is 11.1 Å². The molecule has 3 aromatic rings. The second-order valence-electron chi connectivity index (χ2n) is 9.20. The molecule has 0 bridgehead atoms. The average molecular weight is 486 g/mol. The Bertz CT molecular complexity index is 1240. The Morgan fingerprint density at radius 1 is 0.889 bits per heavy atom. The van der Waals surface area contributed by atoms with Gasteiger partial charge in [-0.15, -0.1) is 0 Å². The highest BCUT2D eigenvalue weighted by molar-refractivity contribution is 5.99. The molecular formula is C29H31N3O4. The van der Waals surface area contributed by atoms with Crippen LogP contribution in [0.2, 0.25) is 0 Å². The van der Waals surface area contributed by atoms with Crippen LogP contribution < -0.4 is 10.6 Å². The van der Waals surface area contributed by atoms with Crippen molar-refractivity contribution >= 4 is 29.3 Å². The number of likely N-dealkylation sites (tertiary alicyclic amines) is 1. The summed E-state index contributed by atoms with van der Waals surface area (Å²) in [5.41, 5.74) is 4.81. The maximum absolute atomic E-state index is 13.0. The number of methoxy groups -OCH3 is 1. The first-order valence-corrected chi connectivity index (χ1v) is 12.1. The van der Waals surface area contributed by atoms with E-state index in [-0.39, 0.29) is 11.9 Å². The Kier molecular flexibility index (Phi) is 7.68. The second-order valence-corrected chi connectivity index (χ2v) is 9.20. The number of carbonyl (C=O) groups is 3. The Morgan fingerprint density at radius 2 is 1.56 bits per heavy atom. The van der Waals surface area contributed by atoms with E-state index in [0.29, 0.717) is 35.8 Å². The highest BCUT2D eigenvalue weighted by Gasteiger charge is 2.34. The first-order valence-electron chi connectivity index (χ1n) is 12.1. The number of benzene rings is 3. The van der Waals surface area contributed by atoms with Gasteiger partial charge < -0.3 is 20.3 Å². The minimum atomic E-state index is -0.531. The monoisotopic (exact) mass is 485 g/mol. The van der Waals surface area contributed by atoms with Crippen LogP contribution >= 0.6 is 0 Å². The zero-order chi connectivity index (χ0) is 25.7. The number of esters is 1. The lowest BCUT2D eigenvalue weighted by Crippen LogP contribution is -2.45. The first-order chi connectivity index (χ1) is 17.4. The van der Waals surface area contributed by atoms with Gasteiger partial charge in [0.2, 0.25) is 5.91 Å².